The molecule has 6 heteroatoms. The number of nitrogens with zero attached hydrogens (tertiary/aromatic N) is 5. The number of para-hydroxylation sites is 8. The first-order chi connectivity index (χ1) is 59.6. The van der Waals surface area contributed by atoms with Crippen LogP contribution in [0, 0.1) is 0 Å². The Hall–Kier alpha value is -15.8. The highest BCUT2D eigenvalue weighted by Gasteiger charge is 2.46. The topological polar surface area (TPSA) is 21.3 Å². The molecule has 0 saturated carbocycles. The third-order valence-electron chi connectivity index (χ3n) is 25.1. The zero-order chi connectivity index (χ0) is 78.9. The van der Waals surface area contributed by atoms with Gasteiger partial charge in [0.25, 0.3) is 6.71 Å². The van der Waals surface area contributed by atoms with E-state index in [4.69, 9.17) is 0 Å². The summed E-state index contributed by atoms with van der Waals surface area (Å²) >= 11 is 0. The van der Waals surface area contributed by atoms with Gasteiger partial charge >= 0.3 is 0 Å². The molecule has 0 bridgehead atoms. The van der Waals surface area contributed by atoms with Crippen LogP contribution in [0.5, 0.6) is 0 Å². The number of rotatable bonds is 13. The fourth-order valence-corrected chi connectivity index (χ4v) is 20.0. The lowest BCUT2D eigenvalue weighted by molar-refractivity contribution is 1.16. The van der Waals surface area contributed by atoms with E-state index in [9.17, 15) is 0 Å². The molecule has 2 aliphatic rings. The van der Waals surface area contributed by atoms with Crippen molar-refractivity contribution >= 4 is 123 Å². The van der Waals surface area contributed by atoms with Crippen LogP contribution in [0.3, 0.4) is 0 Å². The van der Waals surface area contributed by atoms with Gasteiger partial charge in [-0.05, 0) is 169 Å². The number of hydrogen-bond acceptors (Lipinski definition) is 2. The van der Waals surface area contributed by atoms with E-state index in [0.717, 1.165) is 173 Å². The Morgan fingerprint density at radius 1 is 0.167 bits per heavy atom. The van der Waals surface area contributed by atoms with Gasteiger partial charge < -0.3 is 23.5 Å². The van der Waals surface area contributed by atoms with Crippen molar-refractivity contribution in [2.45, 2.75) is 0 Å². The van der Waals surface area contributed by atoms with Crippen LogP contribution in [0.2, 0.25) is 0 Å². The van der Waals surface area contributed by atoms with Crippen LogP contribution in [-0.2, 0) is 0 Å². The average molecular weight is 1520 g/mol. The highest BCUT2D eigenvalue weighted by molar-refractivity contribution is 7.00. The summed E-state index contributed by atoms with van der Waals surface area (Å²) in [6.45, 7) is -0.332. The standard InChI is InChI=1S/C114H74BN5/c1-9-35-75(36-10-1)81-63-65-106-100(71-81)115-101-72-82(76-37-11-2-12-38-76)64-66-107(101)120(114-98(79-43-17-5-18-44-79)69-84(70-99(114)80-45-19-6-20-46-80)89-56-34-58-95-93-54-28-32-62-105(93)118(112(89)95)86-49-23-8-24-50-86)109-74-87(116-102-59-29-25-51-90(102)91-52-26-30-60-103(91)116)73-108(110(109)115)119(106)113-96(77-39-13-3-14-40-77)67-83(68-97(113)78-41-15-4-16-42-78)88-55-33-57-94-92-53-27-31-61-104(92)117(111(88)94)85-47-21-7-22-48-85/h1-74H. The molecule has 22 aromatic rings. The number of anilines is 6. The minimum Gasteiger partial charge on any atom is -0.310 e. The lowest BCUT2D eigenvalue weighted by Gasteiger charge is -2.46. The number of fused-ring (bicyclic) bond motifs is 13. The Labute approximate surface area is 696 Å². The van der Waals surface area contributed by atoms with Crippen LogP contribution >= 0.6 is 0 Å². The highest BCUT2D eigenvalue weighted by atomic mass is 15.2. The molecule has 0 saturated heterocycles. The Balaban J connectivity index is 0.875. The molecular weight excluding hydrogens is 1450 g/mol. The van der Waals surface area contributed by atoms with Crippen LogP contribution in [0.4, 0.5) is 34.1 Å². The molecule has 5 nitrogen and oxygen atoms in total. The first kappa shape index (κ1) is 68.6. The average Bonchev–Trinajstić information content (AvgIpc) is 0.810. The van der Waals surface area contributed by atoms with Gasteiger partial charge in [-0.2, -0.15) is 0 Å². The molecule has 19 aromatic carbocycles. The van der Waals surface area contributed by atoms with Gasteiger partial charge in [0, 0.05) is 99.8 Å². The van der Waals surface area contributed by atoms with Crippen molar-refractivity contribution in [2.75, 3.05) is 9.80 Å². The van der Waals surface area contributed by atoms with Gasteiger partial charge in [0.1, 0.15) is 0 Å². The lowest BCUT2D eigenvalue weighted by atomic mass is 9.33. The summed E-state index contributed by atoms with van der Waals surface area (Å²) < 4.78 is 7.51. The van der Waals surface area contributed by atoms with Crippen LogP contribution in [0.1, 0.15) is 0 Å². The molecule has 5 heterocycles. The monoisotopic (exact) mass is 1520 g/mol. The van der Waals surface area contributed by atoms with Crippen molar-refractivity contribution < 1.29 is 0 Å². The number of hydrogen-bond donors (Lipinski definition) is 0. The molecule has 0 unspecified atom stereocenters. The van der Waals surface area contributed by atoms with E-state index in [1.54, 1.807) is 0 Å². The number of aromatic nitrogens is 3. The molecule has 558 valence electrons. The second-order valence-corrected chi connectivity index (χ2v) is 31.7. The molecule has 0 atom stereocenters. The largest absolute Gasteiger partial charge is 0.310 e. The second-order valence-electron chi connectivity index (χ2n) is 31.7. The summed E-state index contributed by atoms with van der Waals surface area (Å²) in [5.41, 5.74) is 38.0. The summed E-state index contributed by atoms with van der Waals surface area (Å²) in [6.07, 6.45) is 0. The second kappa shape index (κ2) is 28.0. The van der Waals surface area contributed by atoms with E-state index in [1.165, 1.54) is 48.7 Å². The maximum absolute atomic E-state index is 2.71. The molecule has 0 amide bonds. The van der Waals surface area contributed by atoms with Crippen molar-refractivity contribution in [3.8, 4) is 106 Å². The molecular formula is C114H74BN5. The van der Waals surface area contributed by atoms with Gasteiger partial charge in [0.05, 0.1) is 50.2 Å². The summed E-state index contributed by atoms with van der Waals surface area (Å²) in [4.78, 5) is 5.42. The molecule has 0 fully saturated rings. The zero-order valence-electron chi connectivity index (χ0n) is 65.5. The highest BCUT2D eigenvalue weighted by Crippen LogP contribution is 2.57. The van der Waals surface area contributed by atoms with Gasteiger partial charge in [-0.3, -0.25) is 0 Å². The molecule has 0 N–H and O–H groups in total. The molecule has 3 aromatic heterocycles. The summed E-state index contributed by atoms with van der Waals surface area (Å²) in [5.74, 6) is 0. The van der Waals surface area contributed by atoms with E-state index in [-0.39, 0.29) is 6.71 Å². The predicted octanol–water partition coefficient (Wildman–Crippen LogP) is 28.4. The lowest BCUT2D eigenvalue weighted by Crippen LogP contribution is -2.61. The van der Waals surface area contributed by atoms with Crippen molar-refractivity contribution in [1.29, 1.82) is 0 Å². The third kappa shape index (κ3) is 10.9. The first-order valence-corrected chi connectivity index (χ1v) is 41.5. The maximum Gasteiger partial charge on any atom is 0.252 e. The molecule has 0 radical (unpaired) electrons. The molecule has 120 heavy (non-hydrogen) atoms. The van der Waals surface area contributed by atoms with Crippen molar-refractivity contribution in [2.24, 2.45) is 0 Å². The van der Waals surface area contributed by atoms with Gasteiger partial charge in [-0.1, -0.05) is 352 Å². The fraction of sp³-hybridized carbons (Fsp3) is 0. The normalized spacial score (nSPS) is 12.3. The Morgan fingerprint density at radius 3 is 0.792 bits per heavy atom. The van der Waals surface area contributed by atoms with Gasteiger partial charge in [-0.25, -0.2) is 0 Å². The Morgan fingerprint density at radius 2 is 0.450 bits per heavy atom. The van der Waals surface area contributed by atoms with Crippen LogP contribution in [-0.4, -0.2) is 20.4 Å². The SMILES string of the molecule is c1ccc(-c2ccc3c(c2)B2c4cc(-c5ccccc5)ccc4N(c4c(-c5ccccc5)cc(-c5cccc6c7ccccc7n(-c7ccccc7)c56)cc4-c4ccccc4)c4cc(-n5c6ccccc6c6ccccc65)cc(c42)N3c2c(-c3ccccc3)cc(-c3cccc4c5ccccc5n(-c5ccccc5)c34)cc2-c2ccccc2)cc1. The summed E-state index contributed by atoms with van der Waals surface area (Å²) in [6, 6.07) is 168. The van der Waals surface area contributed by atoms with E-state index >= 15 is 0 Å². The van der Waals surface area contributed by atoms with Crippen molar-refractivity contribution in [1.82, 2.24) is 13.7 Å². The fourth-order valence-electron chi connectivity index (χ4n) is 20.0. The van der Waals surface area contributed by atoms with Gasteiger partial charge in [0.15, 0.2) is 0 Å². The Bertz CT molecular complexity index is 7230. The summed E-state index contributed by atoms with van der Waals surface area (Å²) in [7, 11) is 0. The molecule has 0 aliphatic carbocycles. The predicted molar refractivity (Wildman–Crippen MR) is 507 cm³/mol. The minimum atomic E-state index is -0.332. The maximum atomic E-state index is 2.71. The van der Waals surface area contributed by atoms with E-state index in [0.29, 0.717) is 0 Å². The molecule has 0 spiro atoms. The summed E-state index contributed by atoms with van der Waals surface area (Å²) in [5, 5.41) is 7.18. The van der Waals surface area contributed by atoms with Gasteiger partial charge in [0.2, 0.25) is 0 Å². The van der Waals surface area contributed by atoms with Crippen molar-refractivity contribution in [3.05, 3.63) is 449 Å². The van der Waals surface area contributed by atoms with Crippen LogP contribution in [0.25, 0.3) is 171 Å². The van der Waals surface area contributed by atoms with E-state index in [1.807, 2.05) is 0 Å². The van der Waals surface area contributed by atoms with Crippen molar-refractivity contribution in [3.63, 3.8) is 0 Å². The Kier molecular flexibility index (Phi) is 16.0. The molecule has 2 aliphatic heterocycles. The van der Waals surface area contributed by atoms with Crippen LogP contribution in [0.15, 0.2) is 449 Å². The molecule has 24 rings (SSSR count). The quantitative estimate of drug-likeness (QED) is 0.107. The van der Waals surface area contributed by atoms with E-state index in [2.05, 4.69) is 472 Å². The van der Waals surface area contributed by atoms with Crippen LogP contribution < -0.4 is 26.2 Å². The first-order valence-electron chi connectivity index (χ1n) is 41.5. The zero-order valence-corrected chi connectivity index (χ0v) is 65.5. The minimum absolute atomic E-state index is 0.332. The number of benzene rings is 19. The third-order valence-corrected chi connectivity index (χ3v) is 25.1. The van der Waals surface area contributed by atoms with Gasteiger partial charge in [-0.15, -0.1) is 0 Å². The smallest absolute Gasteiger partial charge is 0.252 e. The van der Waals surface area contributed by atoms with E-state index < -0.39 is 0 Å².